The van der Waals surface area contributed by atoms with E-state index in [0.29, 0.717) is 0 Å². The van der Waals surface area contributed by atoms with Crippen LogP contribution >= 0.6 is 0 Å². The molecule has 0 aromatic carbocycles. The monoisotopic (exact) mass is 330 g/mol. The summed E-state index contributed by atoms with van der Waals surface area (Å²) in [5, 5.41) is 0. The fourth-order valence-corrected chi connectivity index (χ4v) is 5.50. The molecule has 2 heteroatoms. The summed E-state index contributed by atoms with van der Waals surface area (Å²) in [6.45, 7) is 8.29. The van der Waals surface area contributed by atoms with Crippen LogP contribution in [-0.4, -0.2) is 24.2 Å². The van der Waals surface area contributed by atoms with Gasteiger partial charge in [-0.05, 0) is 0 Å². The summed E-state index contributed by atoms with van der Waals surface area (Å²) in [6.07, 6.45) is 6.80. The Hall–Kier alpha value is -0.0513. The summed E-state index contributed by atoms with van der Waals surface area (Å²) in [5.74, 6) is 0.347. The van der Waals surface area contributed by atoms with Gasteiger partial charge in [0.05, 0.1) is 0 Å². The predicted octanol–water partition coefficient (Wildman–Crippen LogP) is 4.37. The van der Waals surface area contributed by atoms with E-state index in [1.165, 1.54) is 3.59 Å². The first-order valence-electron chi connectivity index (χ1n) is 6.20. The molecule has 0 aromatic rings. The number of rotatable bonds is 7. The fraction of sp³-hybridized carbons (Fsp3) is 0.643. The number of hydrogen-bond donors (Lipinski definition) is 0. The molecule has 0 saturated heterocycles. The third-order valence-electron chi connectivity index (χ3n) is 2.90. The Morgan fingerprint density at radius 3 is 2.31 bits per heavy atom. The fourth-order valence-electron chi connectivity index (χ4n) is 1.70. The second-order valence-electron chi connectivity index (χ2n) is 5.37. The maximum absolute atomic E-state index is 12.0. The molecule has 0 aliphatic rings. The second-order valence-corrected chi connectivity index (χ2v) is 20.0. The van der Waals surface area contributed by atoms with Gasteiger partial charge < -0.3 is 0 Å². The molecule has 0 fully saturated rings. The van der Waals surface area contributed by atoms with Crippen molar-refractivity contribution in [3.05, 3.63) is 22.3 Å². The number of unbranched alkanes of at least 4 members (excludes halogenated alkanes) is 1. The van der Waals surface area contributed by atoms with Crippen LogP contribution in [0.4, 0.5) is 0 Å². The first-order valence-corrected chi connectivity index (χ1v) is 16.2. The molecular weight excluding hydrogens is 303 g/mol. The van der Waals surface area contributed by atoms with Gasteiger partial charge in [-0.1, -0.05) is 0 Å². The molecule has 0 N–H and O–H groups in total. The Bertz CT molecular complexity index is 271. The average Bonchev–Trinajstić information content (AvgIpc) is 2.17. The molecule has 1 unspecified atom stereocenters. The third-order valence-corrected chi connectivity index (χ3v) is 9.40. The quantitative estimate of drug-likeness (QED) is 0.501. The van der Waals surface area contributed by atoms with Crippen molar-refractivity contribution in [1.29, 1.82) is 0 Å². The van der Waals surface area contributed by atoms with Crippen LogP contribution < -0.4 is 0 Å². The van der Waals surface area contributed by atoms with Crippen molar-refractivity contribution in [2.45, 2.75) is 47.9 Å². The number of allylic oxidation sites excluding steroid dienone is 3. The van der Waals surface area contributed by atoms with E-state index < -0.39 is 18.4 Å². The van der Waals surface area contributed by atoms with E-state index in [0.717, 1.165) is 19.3 Å². The average molecular weight is 329 g/mol. The van der Waals surface area contributed by atoms with Crippen molar-refractivity contribution >= 4 is 24.2 Å². The SMILES string of the molecule is C=[C](C(CCCC)C(=O)/C=C/C)[Sn]([CH3])([CH3])[CH3]. The molecule has 92 valence electrons. The molecule has 0 heterocycles. The van der Waals surface area contributed by atoms with E-state index in [1.807, 2.05) is 13.0 Å². The van der Waals surface area contributed by atoms with Gasteiger partial charge in [0.15, 0.2) is 0 Å². The van der Waals surface area contributed by atoms with Gasteiger partial charge in [0.2, 0.25) is 0 Å². The number of ketones is 1. The zero-order chi connectivity index (χ0) is 12.8. The molecule has 1 nitrogen and oxygen atoms in total. The zero-order valence-corrected chi connectivity index (χ0v) is 14.3. The Morgan fingerprint density at radius 2 is 1.94 bits per heavy atom. The standard InChI is InChI=1S/C11H17O.3CH3.Sn/c1-4-7-9-10(6-3)11(12)8-5-2;;;;/h5,8,10H,3-4,7,9H2,1-2H3;3*1H3;/b8-5+;;;;. The van der Waals surface area contributed by atoms with Crippen LogP contribution in [0.5, 0.6) is 0 Å². The Labute approximate surface area is 105 Å². The van der Waals surface area contributed by atoms with Gasteiger partial charge in [-0.3, -0.25) is 0 Å². The summed E-state index contributed by atoms with van der Waals surface area (Å²) >= 11 is -2.14. The molecule has 0 amide bonds. The minimum atomic E-state index is -2.14. The van der Waals surface area contributed by atoms with Crippen molar-refractivity contribution in [3.8, 4) is 0 Å². The molecule has 0 spiro atoms. The van der Waals surface area contributed by atoms with E-state index in [4.69, 9.17) is 0 Å². The molecule has 0 bridgehead atoms. The van der Waals surface area contributed by atoms with Gasteiger partial charge in [-0.15, -0.1) is 0 Å². The van der Waals surface area contributed by atoms with E-state index in [9.17, 15) is 4.79 Å². The molecule has 0 aromatic heterocycles. The van der Waals surface area contributed by atoms with Crippen molar-refractivity contribution in [1.82, 2.24) is 0 Å². The van der Waals surface area contributed by atoms with Crippen molar-refractivity contribution in [3.63, 3.8) is 0 Å². The van der Waals surface area contributed by atoms with E-state index in [1.54, 1.807) is 6.08 Å². The summed E-state index contributed by atoms with van der Waals surface area (Å²) < 4.78 is 1.27. The van der Waals surface area contributed by atoms with Crippen LogP contribution in [0.25, 0.3) is 0 Å². The van der Waals surface area contributed by atoms with E-state index in [-0.39, 0.29) is 11.7 Å². The van der Waals surface area contributed by atoms with Crippen molar-refractivity contribution in [2.24, 2.45) is 5.92 Å². The van der Waals surface area contributed by atoms with Crippen LogP contribution in [0.15, 0.2) is 22.3 Å². The molecule has 0 saturated carbocycles. The van der Waals surface area contributed by atoms with Crippen LogP contribution in [0.2, 0.25) is 14.8 Å². The Morgan fingerprint density at radius 1 is 1.38 bits per heavy atom. The third kappa shape index (κ3) is 5.33. The first kappa shape index (κ1) is 15.9. The van der Waals surface area contributed by atoms with Crippen LogP contribution in [-0.2, 0) is 4.79 Å². The summed E-state index contributed by atoms with van der Waals surface area (Å²) in [7, 11) is 0. The maximum atomic E-state index is 12.0. The molecule has 0 aliphatic heterocycles. The van der Waals surface area contributed by atoms with Crippen molar-refractivity contribution < 1.29 is 4.79 Å². The number of carbonyl (C=O) groups is 1. The van der Waals surface area contributed by atoms with E-state index in [2.05, 4.69) is 28.3 Å². The van der Waals surface area contributed by atoms with Crippen LogP contribution in [0, 0.1) is 5.92 Å². The Kier molecular flexibility index (Phi) is 7.29. The van der Waals surface area contributed by atoms with E-state index >= 15 is 0 Å². The molecule has 1 atom stereocenters. The molecule has 0 radical (unpaired) electrons. The van der Waals surface area contributed by atoms with Gasteiger partial charge in [0, 0.05) is 0 Å². The van der Waals surface area contributed by atoms with Gasteiger partial charge in [0.1, 0.15) is 0 Å². The number of carbonyl (C=O) groups excluding carboxylic acids is 1. The molecular formula is C14H26OSn. The second kappa shape index (κ2) is 7.31. The zero-order valence-electron chi connectivity index (χ0n) is 11.5. The summed E-state index contributed by atoms with van der Waals surface area (Å²) in [6, 6.07) is 0. The normalized spacial score (nSPS) is 14.1. The summed E-state index contributed by atoms with van der Waals surface area (Å²) in [5.41, 5.74) is 0. The molecule has 0 rings (SSSR count). The van der Waals surface area contributed by atoms with Crippen LogP contribution in [0.3, 0.4) is 0 Å². The molecule has 16 heavy (non-hydrogen) atoms. The van der Waals surface area contributed by atoms with Crippen LogP contribution in [0.1, 0.15) is 33.1 Å². The first-order chi connectivity index (χ1) is 7.34. The van der Waals surface area contributed by atoms with Gasteiger partial charge in [0.25, 0.3) is 0 Å². The minimum absolute atomic E-state index is 0.0898. The van der Waals surface area contributed by atoms with Gasteiger partial charge in [-0.25, -0.2) is 0 Å². The summed E-state index contributed by atoms with van der Waals surface area (Å²) in [4.78, 5) is 19.0. The predicted molar refractivity (Wildman–Crippen MR) is 75.3 cm³/mol. The van der Waals surface area contributed by atoms with Gasteiger partial charge >= 0.3 is 105 Å². The topological polar surface area (TPSA) is 17.1 Å². The number of hydrogen-bond acceptors (Lipinski definition) is 1. The Balaban J connectivity index is 4.80. The van der Waals surface area contributed by atoms with Crippen molar-refractivity contribution in [2.75, 3.05) is 0 Å². The van der Waals surface area contributed by atoms with Gasteiger partial charge in [-0.2, -0.15) is 0 Å². The molecule has 0 aliphatic carbocycles.